The normalized spacial score (nSPS) is 14.4. The third-order valence-electron chi connectivity index (χ3n) is 5.47. The third-order valence-corrected chi connectivity index (χ3v) is 7.06. The molecule has 0 saturated carbocycles. The molecule has 9 nitrogen and oxygen atoms in total. The summed E-state index contributed by atoms with van der Waals surface area (Å²) < 4.78 is 27.2. The number of benzene rings is 2. The molecule has 0 aliphatic carbocycles. The fraction of sp³-hybridized carbons (Fsp3) is 0.217. The number of rotatable bonds is 6. The molecule has 0 unspecified atom stereocenters. The molecule has 11 heteroatoms. The fourth-order valence-corrected chi connectivity index (χ4v) is 4.70. The van der Waals surface area contributed by atoms with Gasteiger partial charge in [0.05, 0.1) is 4.90 Å². The molecule has 1 fully saturated rings. The van der Waals surface area contributed by atoms with Crippen LogP contribution in [0.3, 0.4) is 0 Å². The summed E-state index contributed by atoms with van der Waals surface area (Å²) in [7, 11) is -3.85. The Labute approximate surface area is 202 Å². The van der Waals surface area contributed by atoms with Crippen LogP contribution in [-0.4, -0.2) is 48.2 Å². The molecule has 1 aliphatic heterocycles. The van der Waals surface area contributed by atoms with Crippen molar-refractivity contribution in [3.63, 3.8) is 0 Å². The predicted octanol–water partition coefficient (Wildman–Crippen LogP) is 3.42. The number of anilines is 2. The van der Waals surface area contributed by atoms with Gasteiger partial charge in [-0.25, -0.2) is 23.1 Å². The van der Waals surface area contributed by atoms with Crippen molar-refractivity contribution < 1.29 is 18.0 Å². The molecule has 176 valence electrons. The van der Waals surface area contributed by atoms with Crippen LogP contribution in [0.25, 0.3) is 0 Å². The number of amides is 2. The minimum Gasteiger partial charge on any atom is -0.339 e. The highest BCUT2D eigenvalue weighted by Gasteiger charge is 2.28. The monoisotopic (exact) mass is 499 g/mol. The van der Waals surface area contributed by atoms with E-state index in [4.69, 9.17) is 11.6 Å². The van der Waals surface area contributed by atoms with Gasteiger partial charge in [-0.05, 0) is 67.4 Å². The van der Waals surface area contributed by atoms with Gasteiger partial charge in [-0.1, -0.05) is 11.6 Å². The van der Waals surface area contributed by atoms with Gasteiger partial charge in [0, 0.05) is 47.7 Å². The van der Waals surface area contributed by atoms with E-state index < -0.39 is 10.0 Å². The number of sulfonamides is 1. The summed E-state index contributed by atoms with van der Waals surface area (Å²) in [5, 5.41) is 3.39. The maximum atomic E-state index is 12.7. The van der Waals surface area contributed by atoms with Crippen molar-refractivity contribution in [1.29, 1.82) is 0 Å². The average Bonchev–Trinajstić information content (AvgIpc) is 2.85. The first-order chi connectivity index (χ1) is 16.3. The van der Waals surface area contributed by atoms with Gasteiger partial charge in [0.15, 0.2) is 0 Å². The van der Waals surface area contributed by atoms with Crippen LogP contribution in [0.4, 0.5) is 11.6 Å². The molecule has 0 atom stereocenters. The summed E-state index contributed by atoms with van der Waals surface area (Å²) in [6.07, 6.45) is 3.94. The summed E-state index contributed by atoms with van der Waals surface area (Å²) >= 11 is 5.88. The first kappa shape index (κ1) is 23.7. The van der Waals surface area contributed by atoms with Gasteiger partial charge >= 0.3 is 0 Å². The number of hydrogen-bond acceptors (Lipinski definition) is 6. The molecule has 1 saturated heterocycles. The van der Waals surface area contributed by atoms with Crippen LogP contribution in [0.2, 0.25) is 5.02 Å². The first-order valence-corrected chi connectivity index (χ1v) is 12.4. The Kier molecular flexibility index (Phi) is 7.09. The second kappa shape index (κ2) is 10.2. The average molecular weight is 500 g/mol. The molecule has 2 heterocycles. The lowest BCUT2D eigenvalue weighted by atomic mass is 9.95. The summed E-state index contributed by atoms with van der Waals surface area (Å²) in [4.78, 5) is 34.8. The molecular weight excluding hydrogens is 478 g/mol. The zero-order chi connectivity index (χ0) is 24.1. The Morgan fingerprint density at radius 1 is 0.941 bits per heavy atom. The van der Waals surface area contributed by atoms with Gasteiger partial charge in [-0.15, -0.1) is 0 Å². The molecule has 1 aliphatic rings. The topological polar surface area (TPSA) is 121 Å². The van der Waals surface area contributed by atoms with Crippen LogP contribution < -0.4 is 10.0 Å². The highest BCUT2D eigenvalue weighted by Crippen LogP contribution is 2.22. The predicted molar refractivity (Wildman–Crippen MR) is 128 cm³/mol. The van der Waals surface area contributed by atoms with E-state index in [1.54, 1.807) is 35.2 Å². The van der Waals surface area contributed by atoms with Crippen molar-refractivity contribution in [2.45, 2.75) is 17.7 Å². The van der Waals surface area contributed by atoms with Gasteiger partial charge in [0.25, 0.3) is 15.9 Å². The second-order valence-corrected chi connectivity index (χ2v) is 9.88. The Bertz CT molecular complexity index is 1260. The zero-order valence-electron chi connectivity index (χ0n) is 18.0. The van der Waals surface area contributed by atoms with Crippen LogP contribution in [-0.2, 0) is 14.8 Å². The Hall–Kier alpha value is -3.50. The lowest BCUT2D eigenvalue weighted by Gasteiger charge is -2.31. The maximum Gasteiger partial charge on any atom is 0.264 e. The van der Waals surface area contributed by atoms with Crippen molar-refractivity contribution in [3.8, 4) is 0 Å². The molecule has 34 heavy (non-hydrogen) atoms. The highest BCUT2D eigenvalue weighted by molar-refractivity contribution is 7.92. The number of carbonyl (C=O) groups is 2. The SMILES string of the molecule is O=C(Nc1ccc(S(=O)(=O)Nc2ncccn2)cc1)C1CCN(C(=O)c2ccc(Cl)cc2)CC1. The lowest BCUT2D eigenvalue weighted by molar-refractivity contribution is -0.121. The van der Waals surface area contributed by atoms with E-state index in [0.29, 0.717) is 42.2 Å². The Morgan fingerprint density at radius 2 is 1.56 bits per heavy atom. The molecule has 1 aromatic heterocycles. The van der Waals surface area contributed by atoms with E-state index in [9.17, 15) is 18.0 Å². The number of aromatic nitrogens is 2. The minimum atomic E-state index is -3.85. The summed E-state index contributed by atoms with van der Waals surface area (Å²) in [5.74, 6) is -0.512. The molecule has 0 radical (unpaired) electrons. The van der Waals surface area contributed by atoms with Crippen LogP contribution in [0.15, 0.2) is 71.9 Å². The lowest BCUT2D eigenvalue weighted by Crippen LogP contribution is -2.41. The van der Waals surface area contributed by atoms with Crippen LogP contribution in [0, 0.1) is 5.92 Å². The standard InChI is InChI=1S/C23H22ClN5O4S/c24-18-4-2-17(3-5-18)22(31)29-14-10-16(11-15-29)21(30)27-19-6-8-20(9-7-19)34(32,33)28-23-25-12-1-13-26-23/h1-9,12-13,16H,10-11,14-15H2,(H,27,30)(H,25,26,28). The third kappa shape index (κ3) is 5.70. The van der Waals surface area contributed by atoms with E-state index in [-0.39, 0.29) is 28.6 Å². The summed E-state index contributed by atoms with van der Waals surface area (Å²) in [6, 6.07) is 14.2. The largest absolute Gasteiger partial charge is 0.339 e. The molecule has 3 aromatic rings. The van der Waals surface area contributed by atoms with Gasteiger partial charge in [0.1, 0.15) is 0 Å². The van der Waals surface area contributed by atoms with Gasteiger partial charge < -0.3 is 10.2 Å². The molecule has 2 amide bonds. The van der Waals surface area contributed by atoms with E-state index in [2.05, 4.69) is 20.0 Å². The first-order valence-electron chi connectivity index (χ1n) is 10.6. The number of carbonyl (C=O) groups excluding carboxylic acids is 2. The minimum absolute atomic E-state index is 0.0203. The van der Waals surface area contributed by atoms with Gasteiger partial charge in [-0.3, -0.25) is 9.59 Å². The Morgan fingerprint density at radius 3 is 2.18 bits per heavy atom. The van der Waals surface area contributed by atoms with Crippen LogP contribution in [0.5, 0.6) is 0 Å². The smallest absolute Gasteiger partial charge is 0.264 e. The highest BCUT2D eigenvalue weighted by atomic mass is 35.5. The summed E-state index contributed by atoms with van der Waals surface area (Å²) in [6.45, 7) is 0.952. The van der Waals surface area contributed by atoms with Crippen molar-refractivity contribution in [1.82, 2.24) is 14.9 Å². The summed E-state index contributed by atoms with van der Waals surface area (Å²) in [5.41, 5.74) is 1.05. The fourth-order valence-electron chi connectivity index (χ4n) is 3.61. The number of nitrogens with zero attached hydrogens (tertiary/aromatic N) is 3. The van der Waals surface area contributed by atoms with Crippen molar-refractivity contribution >= 4 is 45.1 Å². The van der Waals surface area contributed by atoms with Crippen molar-refractivity contribution in [3.05, 3.63) is 77.6 Å². The molecule has 4 rings (SSSR count). The quantitative estimate of drug-likeness (QED) is 0.536. The van der Waals surface area contributed by atoms with E-state index >= 15 is 0 Å². The van der Waals surface area contributed by atoms with E-state index in [1.165, 1.54) is 36.7 Å². The van der Waals surface area contributed by atoms with E-state index in [1.807, 2.05) is 0 Å². The van der Waals surface area contributed by atoms with Crippen LogP contribution in [0.1, 0.15) is 23.2 Å². The number of nitrogens with one attached hydrogen (secondary N) is 2. The molecule has 2 aromatic carbocycles. The molecule has 0 bridgehead atoms. The second-order valence-electron chi connectivity index (χ2n) is 7.76. The van der Waals surface area contributed by atoms with Gasteiger partial charge in [-0.2, -0.15) is 0 Å². The van der Waals surface area contributed by atoms with Crippen molar-refractivity contribution in [2.24, 2.45) is 5.92 Å². The zero-order valence-corrected chi connectivity index (χ0v) is 19.6. The van der Waals surface area contributed by atoms with Crippen molar-refractivity contribution in [2.75, 3.05) is 23.1 Å². The maximum absolute atomic E-state index is 12.7. The molecule has 2 N–H and O–H groups in total. The number of halogens is 1. The van der Waals surface area contributed by atoms with E-state index in [0.717, 1.165) is 0 Å². The Balaban J connectivity index is 1.31. The van der Waals surface area contributed by atoms with Crippen LogP contribution >= 0.6 is 11.6 Å². The molecule has 0 spiro atoms. The van der Waals surface area contributed by atoms with Gasteiger partial charge in [0.2, 0.25) is 11.9 Å². The number of likely N-dealkylation sites (tertiary alicyclic amines) is 1. The number of piperidine rings is 1. The number of hydrogen-bond donors (Lipinski definition) is 2. The molecular formula is C23H22ClN5O4S.